The molecular weight excluding hydrogens is 287 g/mol. The number of para-hydroxylation sites is 1. The highest BCUT2D eigenvalue weighted by molar-refractivity contribution is 7.80. The Morgan fingerprint density at radius 1 is 1.14 bits per heavy atom. The molecule has 0 spiro atoms. The van der Waals surface area contributed by atoms with Crippen molar-refractivity contribution in [3.05, 3.63) is 66.1 Å². The standard InChI is InChI=1S/C16H11FN2OS/c17-13-8-11(16(18)21)5-6-15(13)20-12-7-10-3-1-2-4-14(10)19-9-12/h1-9H,(H2,18,21). The van der Waals surface area contributed by atoms with Gasteiger partial charge in [-0.2, -0.15) is 0 Å². The number of benzene rings is 2. The topological polar surface area (TPSA) is 48.1 Å². The van der Waals surface area contributed by atoms with Crippen molar-refractivity contribution >= 4 is 28.1 Å². The van der Waals surface area contributed by atoms with Gasteiger partial charge < -0.3 is 10.5 Å². The molecule has 21 heavy (non-hydrogen) atoms. The Kier molecular flexibility index (Phi) is 3.50. The summed E-state index contributed by atoms with van der Waals surface area (Å²) in [5.41, 5.74) is 6.78. The maximum Gasteiger partial charge on any atom is 0.166 e. The summed E-state index contributed by atoms with van der Waals surface area (Å²) in [6.07, 6.45) is 1.56. The number of aromatic nitrogens is 1. The maximum atomic E-state index is 13.9. The number of hydrogen-bond acceptors (Lipinski definition) is 3. The van der Waals surface area contributed by atoms with Crippen LogP contribution in [0, 0.1) is 5.82 Å². The van der Waals surface area contributed by atoms with E-state index >= 15 is 0 Å². The van der Waals surface area contributed by atoms with Crippen LogP contribution in [0.2, 0.25) is 0 Å². The van der Waals surface area contributed by atoms with Gasteiger partial charge in [0.05, 0.1) is 11.7 Å². The second-order valence-electron chi connectivity index (χ2n) is 4.48. The molecule has 1 aromatic heterocycles. The lowest BCUT2D eigenvalue weighted by atomic mass is 10.2. The molecule has 0 saturated heterocycles. The van der Waals surface area contributed by atoms with Gasteiger partial charge in [-0.1, -0.05) is 30.4 Å². The van der Waals surface area contributed by atoms with E-state index in [4.69, 9.17) is 22.7 Å². The molecule has 0 aliphatic rings. The Morgan fingerprint density at radius 2 is 1.95 bits per heavy atom. The molecule has 104 valence electrons. The van der Waals surface area contributed by atoms with Crippen LogP contribution in [0.3, 0.4) is 0 Å². The molecule has 3 nitrogen and oxygen atoms in total. The highest BCUT2D eigenvalue weighted by Gasteiger charge is 2.08. The van der Waals surface area contributed by atoms with E-state index in [2.05, 4.69) is 4.98 Å². The van der Waals surface area contributed by atoms with Gasteiger partial charge in [0.25, 0.3) is 0 Å². The molecular formula is C16H11FN2OS. The minimum atomic E-state index is -0.520. The van der Waals surface area contributed by atoms with E-state index in [0.717, 1.165) is 10.9 Å². The van der Waals surface area contributed by atoms with Crippen molar-refractivity contribution in [1.29, 1.82) is 0 Å². The van der Waals surface area contributed by atoms with Crippen LogP contribution in [0.25, 0.3) is 10.9 Å². The van der Waals surface area contributed by atoms with Gasteiger partial charge in [0, 0.05) is 10.9 Å². The SMILES string of the molecule is NC(=S)c1ccc(Oc2cnc3ccccc3c2)c(F)c1. The number of pyridine rings is 1. The van der Waals surface area contributed by atoms with Crippen LogP contribution in [0.1, 0.15) is 5.56 Å². The molecule has 0 atom stereocenters. The van der Waals surface area contributed by atoms with Crippen LogP contribution >= 0.6 is 12.2 Å². The van der Waals surface area contributed by atoms with Crippen LogP contribution in [-0.2, 0) is 0 Å². The van der Waals surface area contributed by atoms with E-state index < -0.39 is 5.82 Å². The second-order valence-corrected chi connectivity index (χ2v) is 4.92. The highest BCUT2D eigenvalue weighted by Crippen LogP contribution is 2.26. The second kappa shape index (κ2) is 5.46. The Balaban J connectivity index is 1.93. The molecule has 2 N–H and O–H groups in total. The van der Waals surface area contributed by atoms with Gasteiger partial charge in [0.2, 0.25) is 0 Å². The van der Waals surface area contributed by atoms with Crippen LogP contribution in [0.4, 0.5) is 4.39 Å². The zero-order valence-electron chi connectivity index (χ0n) is 10.9. The van der Waals surface area contributed by atoms with E-state index in [1.807, 2.05) is 30.3 Å². The minimum absolute atomic E-state index is 0.104. The normalized spacial score (nSPS) is 10.5. The number of nitrogens with zero attached hydrogens (tertiary/aromatic N) is 1. The monoisotopic (exact) mass is 298 g/mol. The first kappa shape index (κ1) is 13.5. The van der Waals surface area contributed by atoms with Crippen molar-refractivity contribution in [3.63, 3.8) is 0 Å². The number of rotatable bonds is 3. The number of halogens is 1. The van der Waals surface area contributed by atoms with Gasteiger partial charge in [-0.15, -0.1) is 0 Å². The zero-order chi connectivity index (χ0) is 14.8. The largest absolute Gasteiger partial charge is 0.453 e. The Labute approximate surface area is 126 Å². The van der Waals surface area contributed by atoms with Crippen LogP contribution in [-0.4, -0.2) is 9.97 Å². The van der Waals surface area contributed by atoms with E-state index in [9.17, 15) is 4.39 Å². The molecule has 0 radical (unpaired) electrons. The first-order valence-corrected chi connectivity index (χ1v) is 6.66. The third kappa shape index (κ3) is 2.83. The molecule has 0 bridgehead atoms. The van der Waals surface area contributed by atoms with Gasteiger partial charge in [0.1, 0.15) is 10.7 Å². The molecule has 1 heterocycles. The van der Waals surface area contributed by atoms with E-state index in [1.54, 1.807) is 12.3 Å². The summed E-state index contributed by atoms with van der Waals surface area (Å²) in [5.74, 6) is 0.0521. The average molecular weight is 298 g/mol. The van der Waals surface area contributed by atoms with Gasteiger partial charge >= 0.3 is 0 Å². The van der Waals surface area contributed by atoms with Crippen molar-refractivity contribution in [3.8, 4) is 11.5 Å². The Bertz CT molecular complexity index is 835. The molecule has 5 heteroatoms. The molecule has 0 aliphatic heterocycles. The number of thiocarbonyl (C=S) groups is 1. The smallest absolute Gasteiger partial charge is 0.166 e. The highest BCUT2D eigenvalue weighted by atomic mass is 32.1. The summed E-state index contributed by atoms with van der Waals surface area (Å²) in [4.78, 5) is 4.41. The Morgan fingerprint density at radius 3 is 2.71 bits per heavy atom. The van der Waals surface area contributed by atoms with Crippen LogP contribution in [0.15, 0.2) is 54.7 Å². The summed E-state index contributed by atoms with van der Waals surface area (Å²) in [6.45, 7) is 0. The fourth-order valence-electron chi connectivity index (χ4n) is 1.97. The lowest BCUT2D eigenvalue weighted by Gasteiger charge is -2.08. The summed E-state index contributed by atoms with van der Waals surface area (Å²) in [7, 11) is 0. The lowest BCUT2D eigenvalue weighted by Crippen LogP contribution is -2.09. The molecule has 2 aromatic carbocycles. The summed E-state index contributed by atoms with van der Waals surface area (Å²) in [6, 6.07) is 13.8. The molecule has 0 unspecified atom stereocenters. The third-order valence-electron chi connectivity index (χ3n) is 3.01. The predicted molar refractivity (Wildman–Crippen MR) is 84.1 cm³/mol. The van der Waals surface area contributed by atoms with Crippen LogP contribution in [0.5, 0.6) is 11.5 Å². The van der Waals surface area contributed by atoms with Crippen LogP contribution < -0.4 is 10.5 Å². The number of ether oxygens (including phenoxy) is 1. The predicted octanol–water partition coefficient (Wildman–Crippen LogP) is 3.80. The first-order chi connectivity index (χ1) is 10.1. The molecule has 0 amide bonds. The number of hydrogen-bond donors (Lipinski definition) is 1. The molecule has 0 fully saturated rings. The van der Waals surface area contributed by atoms with Crippen molar-refractivity contribution in [2.45, 2.75) is 0 Å². The van der Waals surface area contributed by atoms with E-state index in [-0.39, 0.29) is 10.7 Å². The molecule has 3 aromatic rings. The van der Waals surface area contributed by atoms with Gasteiger partial charge in [-0.25, -0.2) is 4.39 Å². The average Bonchev–Trinajstić information content (AvgIpc) is 2.49. The van der Waals surface area contributed by atoms with Crippen molar-refractivity contribution in [1.82, 2.24) is 4.98 Å². The lowest BCUT2D eigenvalue weighted by molar-refractivity contribution is 0.441. The van der Waals surface area contributed by atoms with Crippen molar-refractivity contribution in [2.24, 2.45) is 5.73 Å². The van der Waals surface area contributed by atoms with E-state index in [1.165, 1.54) is 12.1 Å². The minimum Gasteiger partial charge on any atom is -0.453 e. The molecule has 0 aliphatic carbocycles. The fourth-order valence-corrected chi connectivity index (χ4v) is 2.10. The number of nitrogens with two attached hydrogens (primary N) is 1. The van der Waals surface area contributed by atoms with Crippen molar-refractivity contribution in [2.75, 3.05) is 0 Å². The summed E-state index contributed by atoms with van der Waals surface area (Å²) < 4.78 is 19.5. The molecule has 3 rings (SSSR count). The molecule has 0 saturated carbocycles. The van der Waals surface area contributed by atoms with Crippen molar-refractivity contribution < 1.29 is 9.13 Å². The zero-order valence-corrected chi connectivity index (χ0v) is 11.7. The quantitative estimate of drug-likeness (QED) is 0.747. The van der Waals surface area contributed by atoms with E-state index in [0.29, 0.717) is 11.3 Å². The summed E-state index contributed by atoms with van der Waals surface area (Å²) >= 11 is 4.81. The van der Waals surface area contributed by atoms with Gasteiger partial charge in [-0.05, 0) is 30.3 Å². The number of fused-ring (bicyclic) bond motifs is 1. The first-order valence-electron chi connectivity index (χ1n) is 6.25. The van der Waals surface area contributed by atoms with Gasteiger partial charge in [0.15, 0.2) is 11.6 Å². The summed E-state index contributed by atoms with van der Waals surface area (Å²) in [5, 5.41) is 0.926. The van der Waals surface area contributed by atoms with Gasteiger partial charge in [-0.3, -0.25) is 4.98 Å². The maximum absolute atomic E-state index is 13.9. The third-order valence-corrected chi connectivity index (χ3v) is 3.25. The Hall–Kier alpha value is -2.53. The fraction of sp³-hybridized carbons (Fsp3) is 0.